The molecule has 2 heterocycles. The standard InChI is InChI=1S/C16H24N2O3S/c1-12-4-5-16(13(2)10-12)22(19,20)18-8-9-21-15-6-7-17(3)11-14(15)18/h4-5,10,14-15H,6-9,11H2,1-3H3/t14-,15+/m1/s1. The fourth-order valence-corrected chi connectivity index (χ4v) is 5.34. The highest BCUT2D eigenvalue weighted by Crippen LogP contribution is 2.29. The van der Waals surface area contributed by atoms with Crippen molar-refractivity contribution >= 4 is 10.0 Å². The fraction of sp³-hybridized carbons (Fsp3) is 0.625. The number of hydrogen-bond acceptors (Lipinski definition) is 4. The minimum atomic E-state index is -3.48. The highest BCUT2D eigenvalue weighted by Gasteiger charge is 2.42. The third-order valence-corrected chi connectivity index (χ3v) is 6.74. The van der Waals surface area contributed by atoms with Crippen molar-refractivity contribution in [2.24, 2.45) is 0 Å². The van der Waals surface area contributed by atoms with Crippen molar-refractivity contribution in [1.29, 1.82) is 0 Å². The molecule has 2 fully saturated rings. The van der Waals surface area contributed by atoms with Crippen LogP contribution in [0.25, 0.3) is 0 Å². The lowest BCUT2D eigenvalue weighted by molar-refractivity contribution is -0.0719. The van der Waals surface area contributed by atoms with Crippen molar-refractivity contribution in [3.05, 3.63) is 29.3 Å². The van der Waals surface area contributed by atoms with E-state index in [4.69, 9.17) is 4.74 Å². The van der Waals surface area contributed by atoms with Crippen LogP contribution in [0.4, 0.5) is 0 Å². The molecular weight excluding hydrogens is 300 g/mol. The fourth-order valence-electron chi connectivity index (χ4n) is 3.51. The van der Waals surface area contributed by atoms with E-state index in [1.165, 1.54) is 0 Å². The Kier molecular flexibility index (Phi) is 4.29. The summed E-state index contributed by atoms with van der Waals surface area (Å²) in [6.07, 6.45) is 0.908. The van der Waals surface area contributed by atoms with Crippen LogP contribution in [0.5, 0.6) is 0 Å². The minimum Gasteiger partial charge on any atom is -0.375 e. The average Bonchev–Trinajstić information content (AvgIpc) is 2.46. The molecule has 1 aromatic carbocycles. The van der Waals surface area contributed by atoms with Gasteiger partial charge in [0, 0.05) is 19.6 Å². The third-order valence-electron chi connectivity index (χ3n) is 4.65. The summed E-state index contributed by atoms with van der Waals surface area (Å²) in [4.78, 5) is 2.60. The number of aryl methyl sites for hydroxylation is 2. The Morgan fingerprint density at radius 3 is 2.73 bits per heavy atom. The van der Waals surface area contributed by atoms with Crippen LogP contribution in [0.3, 0.4) is 0 Å². The van der Waals surface area contributed by atoms with Crippen LogP contribution < -0.4 is 0 Å². The number of nitrogens with zero attached hydrogens (tertiary/aromatic N) is 2. The number of ether oxygens (including phenoxy) is 1. The van der Waals surface area contributed by atoms with Gasteiger partial charge in [-0.1, -0.05) is 17.7 Å². The highest BCUT2D eigenvalue weighted by molar-refractivity contribution is 7.89. The Morgan fingerprint density at radius 2 is 2.00 bits per heavy atom. The second-order valence-electron chi connectivity index (χ2n) is 6.41. The van der Waals surface area contributed by atoms with Crippen LogP contribution in [-0.2, 0) is 14.8 Å². The molecule has 0 amide bonds. The topological polar surface area (TPSA) is 49.9 Å². The molecule has 0 saturated carbocycles. The van der Waals surface area contributed by atoms with Gasteiger partial charge in [-0.3, -0.25) is 0 Å². The molecule has 0 bridgehead atoms. The summed E-state index contributed by atoms with van der Waals surface area (Å²) >= 11 is 0. The van der Waals surface area contributed by atoms with Gasteiger partial charge in [0.2, 0.25) is 10.0 Å². The summed E-state index contributed by atoms with van der Waals surface area (Å²) in [5.41, 5.74) is 1.89. The van der Waals surface area contributed by atoms with E-state index in [-0.39, 0.29) is 12.1 Å². The molecule has 2 aliphatic heterocycles. The van der Waals surface area contributed by atoms with E-state index < -0.39 is 10.0 Å². The van der Waals surface area contributed by atoms with Crippen LogP contribution in [0.1, 0.15) is 17.5 Å². The molecular formula is C16H24N2O3S. The molecule has 22 heavy (non-hydrogen) atoms. The van der Waals surface area contributed by atoms with Crippen LogP contribution in [0.2, 0.25) is 0 Å². The van der Waals surface area contributed by atoms with E-state index >= 15 is 0 Å². The second kappa shape index (κ2) is 5.92. The molecule has 0 radical (unpaired) electrons. The monoisotopic (exact) mass is 324 g/mol. The van der Waals surface area contributed by atoms with E-state index in [9.17, 15) is 8.42 Å². The minimum absolute atomic E-state index is 0.0190. The van der Waals surface area contributed by atoms with E-state index in [0.717, 1.165) is 30.6 Å². The first-order valence-electron chi connectivity index (χ1n) is 7.79. The lowest BCUT2D eigenvalue weighted by Crippen LogP contribution is -2.60. The van der Waals surface area contributed by atoms with Crippen molar-refractivity contribution in [3.63, 3.8) is 0 Å². The molecule has 1 aromatic rings. The molecule has 0 N–H and O–H groups in total. The number of likely N-dealkylation sites (N-methyl/N-ethyl adjacent to an activating group) is 1. The predicted molar refractivity (Wildman–Crippen MR) is 85.4 cm³/mol. The van der Waals surface area contributed by atoms with E-state index in [0.29, 0.717) is 18.0 Å². The largest absolute Gasteiger partial charge is 0.375 e. The van der Waals surface area contributed by atoms with Crippen molar-refractivity contribution in [3.8, 4) is 0 Å². The average molecular weight is 324 g/mol. The van der Waals surface area contributed by atoms with Gasteiger partial charge in [0.15, 0.2) is 0 Å². The van der Waals surface area contributed by atoms with Gasteiger partial charge in [0.05, 0.1) is 23.6 Å². The number of rotatable bonds is 2. The molecule has 2 aliphatic rings. The van der Waals surface area contributed by atoms with Crippen molar-refractivity contribution in [1.82, 2.24) is 9.21 Å². The highest BCUT2D eigenvalue weighted by atomic mass is 32.2. The van der Waals surface area contributed by atoms with E-state index in [2.05, 4.69) is 4.90 Å². The molecule has 122 valence electrons. The summed E-state index contributed by atoms with van der Waals surface area (Å²) in [6, 6.07) is 5.44. The van der Waals surface area contributed by atoms with Crippen molar-refractivity contribution in [2.75, 3.05) is 33.3 Å². The van der Waals surface area contributed by atoms with Gasteiger partial charge in [-0.25, -0.2) is 8.42 Å². The number of fused-ring (bicyclic) bond motifs is 1. The van der Waals surface area contributed by atoms with Crippen molar-refractivity contribution < 1.29 is 13.2 Å². The predicted octanol–water partition coefficient (Wildman–Crippen LogP) is 1.40. The van der Waals surface area contributed by atoms with Crippen LogP contribution >= 0.6 is 0 Å². The Bertz CT molecular complexity index is 659. The lowest BCUT2D eigenvalue weighted by atomic mass is 10.0. The first kappa shape index (κ1) is 15.9. The molecule has 2 saturated heterocycles. The van der Waals surface area contributed by atoms with Crippen LogP contribution in [0, 0.1) is 13.8 Å². The van der Waals surface area contributed by atoms with Gasteiger partial charge in [-0.15, -0.1) is 0 Å². The van der Waals surface area contributed by atoms with Crippen LogP contribution in [-0.4, -0.2) is 63.1 Å². The van der Waals surface area contributed by atoms with Gasteiger partial charge in [-0.05, 0) is 38.9 Å². The summed E-state index contributed by atoms with van der Waals surface area (Å²) in [7, 11) is -1.44. The number of likely N-dealkylation sites (tertiary alicyclic amines) is 1. The Morgan fingerprint density at radius 1 is 1.23 bits per heavy atom. The molecule has 0 unspecified atom stereocenters. The van der Waals surface area contributed by atoms with E-state index in [1.807, 2.05) is 33.0 Å². The Balaban J connectivity index is 1.96. The SMILES string of the molecule is Cc1ccc(S(=O)(=O)N2CCO[C@H]3CCN(C)C[C@H]32)c(C)c1. The second-order valence-corrected chi connectivity index (χ2v) is 8.27. The maximum absolute atomic E-state index is 13.1. The molecule has 2 atom stereocenters. The Hall–Kier alpha value is -0.950. The Labute approximate surface area is 132 Å². The van der Waals surface area contributed by atoms with Gasteiger partial charge >= 0.3 is 0 Å². The van der Waals surface area contributed by atoms with Crippen molar-refractivity contribution in [2.45, 2.75) is 37.3 Å². The zero-order chi connectivity index (χ0) is 15.9. The van der Waals surface area contributed by atoms with Gasteiger partial charge in [-0.2, -0.15) is 4.31 Å². The third kappa shape index (κ3) is 2.80. The lowest BCUT2D eigenvalue weighted by Gasteiger charge is -2.45. The number of sulfonamides is 1. The number of benzene rings is 1. The molecule has 0 aliphatic carbocycles. The smallest absolute Gasteiger partial charge is 0.243 e. The summed E-state index contributed by atoms with van der Waals surface area (Å²) < 4.78 is 33.7. The first-order valence-corrected chi connectivity index (χ1v) is 9.23. The van der Waals surface area contributed by atoms with E-state index in [1.54, 1.807) is 10.4 Å². The number of piperidine rings is 1. The quantitative estimate of drug-likeness (QED) is 0.825. The molecule has 0 spiro atoms. The van der Waals surface area contributed by atoms with Gasteiger partial charge in [0.25, 0.3) is 0 Å². The van der Waals surface area contributed by atoms with Gasteiger partial charge in [0.1, 0.15) is 0 Å². The van der Waals surface area contributed by atoms with Gasteiger partial charge < -0.3 is 9.64 Å². The summed E-state index contributed by atoms with van der Waals surface area (Å²) in [5.74, 6) is 0. The van der Waals surface area contributed by atoms with Crippen LogP contribution in [0.15, 0.2) is 23.1 Å². The molecule has 3 rings (SSSR count). The molecule has 5 nitrogen and oxygen atoms in total. The first-order chi connectivity index (χ1) is 10.4. The zero-order valence-corrected chi connectivity index (χ0v) is 14.3. The maximum Gasteiger partial charge on any atom is 0.243 e. The molecule has 6 heteroatoms. The number of morpholine rings is 1. The molecule has 0 aromatic heterocycles. The number of hydrogen-bond donors (Lipinski definition) is 0. The zero-order valence-electron chi connectivity index (χ0n) is 13.4. The summed E-state index contributed by atoms with van der Waals surface area (Å²) in [5, 5.41) is 0. The normalized spacial score (nSPS) is 27.6. The maximum atomic E-state index is 13.1. The summed E-state index contributed by atoms with van der Waals surface area (Å²) in [6.45, 7) is 6.45.